The van der Waals surface area contributed by atoms with Crippen LogP contribution in [0, 0.1) is 0 Å². The first-order valence-electron chi connectivity index (χ1n) is 16.9. The average molecular weight is 615 g/mol. The molecule has 0 fully saturated rings. The quantitative estimate of drug-likeness (QED) is 0.176. The van der Waals surface area contributed by atoms with E-state index in [9.17, 15) is 0 Å². The SMILES string of the molecule is CC1(C)c2ccccc2-c2ccc([N+]3=C4C=CC=C5c6ccc7c8ccccc8n(-c8ccccc8)c7c6N(c6ccccc63)C54)cc21. The Morgan fingerprint density at radius 1 is 0.646 bits per heavy atom. The topological polar surface area (TPSA) is 11.2 Å². The Hall–Kier alpha value is -5.93. The van der Waals surface area contributed by atoms with E-state index >= 15 is 0 Å². The van der Waals surface area contributed by atoms with Crippen molar-refractivity contribution in [2.45, 2.75) is 25.3 Å². The maximum atomic E-state index is 2.62. The number of fused-ring (bicyclic) bond motifs is 12. The van der Waals surface area contributed by atoms with Crippen molar-refractivity contribution in [1.82, 2.24) is 9.14 Å². The van der Waals surface area contributed by atoms with Crippen LogP contribution in [0.15, 0.2) is 152 Å². The highest BCUT2D eigenvalue weighted by Crippen LogP contribution is 2.56. The maximum absolute atomic E-state index is 2.62. The number of hydrogen-bond acceptors (Lipinski definition) is 1. The molecule has 3 nitrogen and oxygen atoms in total. The van der Waals surface area contributed by atoms with E-state index in [1.165, 1.54) is 89.3 Å². The van der Waals surface area contributed by atoms with Crippen LogP contribution in [0.25, 0.3) is 44.2 Å². The Balaban J connectivity index is 1.20. The minimum Gasteiger partial charge on any atom is -0.316 e. The fraction of sp³-hybridized carbons (Fsp3) is 0.0889. The summed E-state index contributed by atoms with van der Waals surface area (Å²) < 4.78 is 5.00. The molecule has 4 aliphatic rings. The van der Waals surface area contributed by atoms with Gasteiger partial charge in [0.2, 0.25) is 17.1 Å². The molecule has 11 rings (SSSR count). The molecule has 3 heterocycles. The number of anilines is 2. The Kier molecular flexibility index (Phi) is 4.97. The zero-order valence-electron chi connectivity index (χ0n) is 26.9. The first-order chi connectivity index (χ1) is 23.6. The molecular weight excluding hydrogens is 583 g/mol. The van der Waals surface area contributed by atoms with E-state index in [1.807, 2.05) is 0 Å². The number of allylic oxidation sites excluding steroid dienone is 2. The average Bonchev–Trinajstić information content (AvgIpc) is 3.73. The van der Waals surface area contributed by atoms with Gasteiger partial charge in [0.05, 0.1) is 16.7 Å². The molecule has 1 aromatic heterocycles. The molecule has 0 saturated heterocycles. The Morgan fingerprint density at radius 2 is 1.40 bits per heavy atom. The molecular formula is C45H32N3+. The van der Waals surface area contributed by atoms with Crippen molar-refractivity contribution in [2.24, 2.45) is 0 Å². The van der Waals surface area contributed by atoms with E-state index in [-0.39, 0.29) is 11.5 Å². The van der Waals surface area contributed by atoms with Gasteiger partial charge in [0.25, 0.3) is 0 Å². The summed E-state index contributed by atoms with van der Waals surface area (Å²) in [7, 11) is 0. The molecule has 2 aliphatic heterocycles. The van der Waals surface area contributed by atoms with Crippen LogP contribution in [0.1, 0.15) is 30.5 Å². The molecule has 1 unspecified atom stereocenters. The number of rotatable bonds is 2. The molecule has 0 radical (unpaired) electrons. The molecule has 0 spiro atoms. The third-order valence-corrected chi connectivity index (χ3v) is 11.2. The number of nitrogens with zero attached hydrogens (tertiary/aromatic N) is 3. The summed E-state index contributed by atoms with van der Waals surface area (Å²) in [5, 5.41) is 2.56. The van der Waals surface area contributed by atoms with Crippen molar-refractivity contribution in [3.8, 4) is 16.8 Å². The second-order valence-corrected chi connectivity index (χ2v) is 13.9. The van der Waals surface area contributed by atoms with Gasteiger partial charge in [-0.2, -0.15) is 4.58 Å². The molecule has 0 N–H and O–H groups in total. The van der Waals surface area contributed by atoms with Crippen LogP contribution in [0.2, 0.25) is 0 Å². The third-order valence-electron chi connectivity index (χ3n) is 11.2. The number of para-hydroxylation sites is 4. The van der Waals surface area contributed by atoms with Crippen LogP contribution in [0.3, 0.4) is 0 Å². The normalized spacial score (nSPS) is 17.7. The van der Waals surface area contributed by atoms with E-state index < -0.39 is 0 Å². The van der Waals surface area contributed by atoms with Crippen molar-refractivity contribution in [2.75, 3.05) is 4.90 Å². The molecule has 0 bridgehead atoms. The minimum absolute atomic E-state index is 0.0613. The fourth-order valence-electron chi connectivity index (χ4n) is 9.16. The van der Waals surface area contributed by atoms with Gasteiger partial charge < -0.3 is 9.47 Å². The van der Waals surface area contributed by atoms with Crippen molar-refractivity contribution < 1.29 is 0 Å². The van der Waals surface area contributed by atoms with E-state index in [0.29, 0.717) is 0 Å². The van der Waals surface area contributed by atoms with Crippen LogP contribution >= 0.6 is 0 Å². The lowest BCUT2D eigenvalue weighted by molar-refractivity contribution is 0.660. The second-order valence-electron chi connectivity index (χ2n) is 13.9. The zero-order chi connectivity index (χ0) is 31.7. The van der Waals surface area contributed by atoms with Gasteiger partial charge in [-0.1, -0.05) is 111 Å². The lowest BCUT2D eigenvalue weighted by Gasteiger charge is -2.33. The summed E-state index contributed by atoms with van der Waals surface area (Å²) in [6, 6.07) is 49.5. The van der Waals surface area contributed by atoms with Gasteiger partial charge in [-0.25, -0.2) is 0 Å². The second kappa shape index (κ2) is 9.11. The first-order valence-corrected chi connectivity index (χ1v) is 16.9. The highest BCUT2D eigenvalue weighted by molar-refractivity contribution is 6.25. The third kappa shape index (κ3) is 3.16. The molecule has 6 aromatic carbocycles. The molecule has 1 atom stereocenters. The van der Waals surface area contributed by atoms with E-state index in [0.717, 1.165) is 0 Å². The molecule has 3 heteroatoms. The maximum Gasteiger partial charge on any atom is 0.235 e. The Bertz CT molecular complexity index is 2650. The number of benzene rings is 6. The molecule has 2 aliphatic carbocycles. The number of hydrogen-bond donors (Lipinski definition) is 0. The number of aromatic nitrogens is 1. The highest BCUT2D eigenvalue weighted by Gasteiger charge is 2.50. The van der Waals surface area contributed by atoms with Crippen LogP contribution < -0.4 is 9.48 Å². The predicted molar refractivity (Wildman–Crippen MR) is 201 cm³/mol. The lowest BCUT2D eigenvalue weighted by atomic mass is 9.82. The van der Waals surface area contributed by atoms with E-state index in [2.05, 4.69) is 180 Å². The summed E-state index contributed by atoms with van der Waals surface area (Å²) in [5.41, 5.74) is 18.0. The summed E-state index contributed by atoms with van der Waals surface area (Å²) in [6.07, 6.45) is 6.92. The molecule has 48 heavy (non-hydrogen) atoms. The molecule has 0 saturated carbocycles. The highest BCUT2D eigenvalue weighted by atomic mass is 15.3. The summed E-state index contributed by atoms with van der Waals surface area (Å²) in [4.78, 5) is 2.62. The Morgan fingerprint density at radius 3 is 2.31 bits per heavy atom. The standard InChI is InChI=1S/C45H32N3/c1-45(2)36-18-8-6-15-30(36)31-24-23-29(27-37(31)45)46-39-20-10-11-21-40(39)48-42-33(17-12-22-41(42)46)35-26-25-34-32-16-7-9-19-38(32)47(43(34)44(35)48)28-13-4-3-5-14-28/h3-27,42H,1-2H3/q+1. The predicted octanol–water partition coefficient (Wildman–Crippen LogP) is 10.9. The van der Waals surface area contributed by atoms with Crippen LogP contribution in [0.5, 0.6) is 0 Å². The Labute approximate surface area is 279 Å². The molecule has 0 amide bonds. The van der Waals surface area contributed by atoms with Gasteiger partial charge >= 0.3 is 0 Å². The fourth-order valence-corrected chi connectivity index (χ4v) is 9.16. The monoisotopic (exact) mass is 614 g/mol. The largest absolute Gasteiger partial charge is 0.316 e. The van der Waals surface area contributed by atoms with Crippen LogP contribution in [0.4, 0.5) is 22.7 Å². The van der Waals surface area contributed by atoms with Crippen LogP contribution in [-0.2, 0) is 5.41 Å². The van der Waals surface area contributed by atoms with Gasteiger partial charge in [0.1, 0.15) is 11.7 Å². The van der Waals surface area contributed by atoms with Crippen molar-refractivity contribution in [3.63, 3.8) is 0 Å². The van der Waals surface area contributed by atoms with Gasteiger partial charge in [-0.3, -0.25) is 0 Å². The smallest absolute Gasteiger partial charge is 0.235 e. The van der Waals surface area contributed by atoms with Crippen molar-refractivity contribution in [3.05, 3.63) is 168 Å². The molecule has 7 aromatic rings. The van der Waals surface area contributed by atoms with Gasteiger partial charge in [-0.15, -0.1) is 0 Å². The first kappa shape index (κ1) is 26.2. The van der Waals surface area contributed by atoms with Gasteiger partial charge in [-0.05, 0) is 58.2 Å². The lowest BCUT2D eigenvalue weighted by Crippen LogP contribution is -2.43. The summed E-state index contributed by atoms with van der Waals surface area (Å²) in [5.74, 6) is 0. The van der Waals surface area contributed by atoms with Crippen molar-refractivity contribution in [1.29, 1.82) is 0 Å². The van der Waals surface area contributed by atoms with E-state index in [1.54, 1.807) is 0 Å². The van der Waals surface area contributed by atoms with E-state index in [4.69, 9.17) is 0 Å². The van der Waals surface area contributed by atoms with Gasteiger partial charge in [0, 0.05) is 51.7 Å². The van der Waals surface area contributed by atoms with Gasteiger partial charge in [0.15, 0.2) is 0 Å². The summed E-state index contributed by atoms with van der Waals surface area (Å²) in [6.45, 7) is 4.74. The molecule has 226 valence electrons. The summed E-state index contributed by atoms with van der Waals surface area (Å²) >= 11 is 0. The van der Waals surface area contributed by atoms with Crippen LogP contribution in [-0.4, -0.2) is 16.3 Å². The minimum atomic E-state index is -0.0680. The zero-order valence-corrected chi connectivity index (χ0v) is 26.9. The van der Waals surface area contributed by atoms with Crippen molar-refractivity contribution >= 4 is 55.8 Å².